The summed E-state index contributed by atoms with van der Waals surface area (Å²) in [6, 6.07) is 13.8. The molecule has 248 valence electrons. The highest BCUT2D eigenvalue weighted by molar-refractivity contribution is 5.77. The Kier molecular flexibility index (Phi) is 21.5. The summed E-state index contributed by atoms with van der Waals surface area (Å²) in [7, 11) is 3.27. The van der Waals surface area contributed by atoms with Crippen LogP contribution in [0.15, 0.2) is 42.5 Å². The highest BCUT2D eigenvalue weighted by Gasteiger charge is 2.06. The summed E-state index contributed by atoms with van der Waals surface area (Å²) in [6.07, 6.45) is 2.79. The van der Waals surface area contributed by atoms with Gasteiger partial charge in [0.1, 0.15) is 5.75 Å². The van der Waals surface area contributed by atoms with Crippen LogP contribution in [0.5, 0.6) is 17.2 Å². The summed E-state index contributed by atoms with van der Waals surface area (Å²) < 4.78 is 48.8. The summed E-state index contributed by atoms with van der Waals surface area (Å²) in [4.78, 5) is 12.1. The van der Waals surface area contributed by atoms with Gasteiger partial charge in [-0.05, 0) is 61.6 Å². The summed E-state index contributed by atoms with van der Waals surface area (Å²) in [5.41, 5.74) is 2.35. The van der Waals surface area contributed by atoms with Gasteiger partial charge in [-0.25, -0.2) is 0 Å². The van der Waals surface area contributed by atoms with Gasteiger partial charge in [-0.3, -0.25) is 4.79 Å². The second kappa shape index (κ2) is 25.4. The van der Waals surface area contributed by atoms with Crippen molar-refractivity contribution < 1.29 is 47.4 Å². The number of rotatable bonds is 28. The van der Waals surface area contributed by atoms with Crippen LogP contribution in [0.4, 0.5) is 0 Å². The topological polar surface area (TPSA) is 112 Å². The third kappa shape index (κ3) is 18.0. The van der Waals surface area contributed by atoms with E-state index in [1.165, 1.54) is 5.56 Å². The van der Waals surface area contributed by atoms with Crippen molar-refractivity contribution in [3.63, 3.8) is 0 Å². The number of amides is 1. The number of methoxy groups -OCH3 is 2. The molecule has 0 saturated carbocycles. The highest BCUT2D eigenvalue weighted by atomic mass is 16.6. The van der Waals surface area contributed by atoms with E-state index in [9.17, 15) is 4.79 Å². The quantitative estimate of drug-likeness (QED) is 0.142. The first-order valence-electron chi connectivity index (χ1n) is 15.3. The standard InChI is InChI=1S/C33H51NO10/c1-4-38-15-16-40-19-20-42-23-24-43-22-21-41-18-17-39-14-13-34-33(35)27-44-30-10-6-9-28(25-30)7-5-8-29-11-12-31(36-2)32(26-29)37-3/h6,9-12,25-26H,4-5,7-8,13-24,27H2,1-3H3,(H,34,35). The summed E-state index contributed by atoms with van der Waals surface area (Å²) in [5.74, 6) is 1.94. The first-order valence-corrected chi connectivity index (χ1v) is 15.3. The maximum atomic E-state index is 12.1. The lowest BCUT2D eigenvalue weighted by Crippen LogP contribution is -2.31. The lowest BCUT2D eigenvalue weighted by molar-refractivity contribution is -0.123. The monoisotopic (exact) mass is 621 g/mol. The molecule has 0 aromatic heterocycles. The predicted molar refractivity (Wildman–Crippen MR) is 167 cm³/mol. The summed E-state index contributed by atoms with van der Waals surface area (Å²) in [5, 5.41) is 2.80. The number of ether oxygens (including phenoxy) is 9. The van der Waals surface area contributed by atoms with E-state index < -0.39 is 0 Å². The Hall–Kier alpha value is -2.93. The Bertz CT molecular complexity index is 1010. The van der Waals surface area contributed by atoms with Gasteiger partial charge >= 0.3 is 0 Å². The van der Waals surface area contributed by atoms with E-state index in [4.69, 9.17) is 42.6 Å². The molecule has 1 N–H and O–H groups in total. The van der Waals surface area contributed by atoms with Crippen molar-refractivity contribution in [3.8, 4) is 17.2 Å². The van der Waals surface area contributed by atoms with Crippen molar-refractivity contribution in [1.29, 1.82) is 0 Å². The Balaban J connectivity index is 1.41. The number of benzene rings is 2. The molecule has 0 bridgehead atoms. The molecule has 0 aliphatic heterocycles. The van der Waals surface area contributed by atoms with Gasteiger partial charge in [-0.1, -0.05) is 18.2 Å². The van der Waals surface area contributed by atoms with Crippen LogP contribution in [0.3, 0.4) is 0 Å². The van der Waals surface area contributed by atoms with Crippen LogP contribution in [0.25, 0.3) is 0 Å². The van der Waals surface area contributed by atoms with Gasteiger partial charge in [0.15, 0.2) is 18.1 Å². The normalized spacial score (nSPS) is 11.0. The van der Waals surface area contributed by atoms with E-state index in [1.807, 2.05) is 37.3 Å². The van der Waals surface area contributed by atoms with Crippen molar-refractivity contribution >= 4 is 5.91 Å². The predicted octanol–water partition coefficient (Wildman–Crippen LogP) is 3.49. The molecule has 0 aliphatic rings. The second-order valence-electron chi connectivity index (χ2n) is 9.59. The second-order valence-corrected chi connectivity index (χ2v) is 9.59. The van der Waals surface area contributed by atoms with Crippen LogP contribution < -0.4 is 19.5 Å². The van der Waals surface area contributed by atoms with Gasteiger partial charge in [0.05, 0.1) is 86.9 Å². The molecule has 0 unspecified atom stereocenters. The minimum atomic E-state index is -0.195. The molecule has 0 atom stereocenters. The van der Waals surface area contributed by atoms with Crippen molar-refractivity contribution in [2.75, 3.05) is 107 Å². The first-order chi connectivity index (χ1) is 21.7. The summed E-state index contributed by atoms with van der Waals surface area (Å²) in [6.45, 7) is 8.59. The number of aryl methyl sites for hydroxylation is 2. The fourth-order valence-corrected chi connectivity index (χ4v) is 4.03. The third-order valence-corrected chi connectivity index (χ3v) is 6.28. The Morgan fingerprint density at radius 1 is 0.636 bits per heavy atom. The zero-order valence-electron chi connectivity index (χ0n) is 26.6. The highest BCUT2D eigenvalue weighted by Crippen LogP contribution is 2.28. The molecular formula is C33H51NO10. The molecular weight excluding hydrogens is 570 g/mol. The minimum Gasteiger partial charge on any atom is -0.493 e. The van der Waals surface area contributed by atoms with Crippen LogP contribution in [0.1, 0.15) is 24.5 Å². The van der Waals surface area contributed by atoms with Gasteiger partial charge < -0.3 is 47.9 Å². The zero-order chi connectivity index (χ0) is 31.5. The van der Waals surface area contributed by atoms with Crippen LogP contribution in [-0.2, 0) is 46.1 Å². The number of nitrogens with one attached hydrogen (secondary N) is 1. The van der Waals surface area contributed by atoms with Crippen molar-refractivity contribution in [2.45, 2.75) is 26.2 Å². The molecule has 0 heterocycles. The van der Waals surface area contributed by atoms with E-state index in [0.29, 0.717) is 91.6 Å². The Morgan fingerprint density at radius 3 is 1.75 bits per heavy atom. The number of hydrogen-bond acceptors (Lipinski definition) is 10. The van der Waals surface area contributed by atoms with E-state index in [2.05, 4.69) is 17.4 Å². The average Bonchev–Trinajstić information content (AvgIpc) is 3.05. The summed E-state index contributed by atoms with van der Waals surface area (Å²) >= 11 is 0. The fraction of sp³-hybridized carbons (Fsp3) is 0.606. The van der Waals surface area contributed by atoms with Crippen molar-refractivity contribution in [2.24, 2.45) is 0 Å². The van der Waals surface area contributed by atoms with Gasteiger partial charge in [-0.2, -0.15) is 0 Å². The molecule has 11 nitrogen and oxygen atoms in total. The molecule has 11 heteroatoms. The molecule has 0 spiro atoms. The fourth-order valence-electron chi connectivity index (χ4n) is 4.03. The van der Waals surface area contributed by atoms with Crippen molar-refractivity contribution in [3.05, 3.63) is 53.6 Å². The molecule has 2 aromatic carbocycles. The van der Waals surface area contributed by atoms with E-state index in [-0.39, 0.29) is 12.5 Å². The number of hydrogen-bond donors (Lipinski definition) is 1. The lowest BCUT2D eigenvalue weighted by Gasteiger charge is -2.11. The zero-order valence-corrected chi connectivity index (χ0v) is 26.6. The van der Waals surface area contributed by atoms with E-state index >= 15 is 0 Å². The first kappa shape index (κ1) is 37.3. The average molecular weight is 622 g/mol. The molecule has 0 radical (unpaired) electrons. The van der Waals surface area contributed by atoms with E-state index in [1.54, 1.807) is 14.2 Å². The number of carbonyl (C=O) groups is 1. The molecule has 44 heavy (non-hydrogen) atoms. The van der Waals surface area contributed by atoms with Gasteiger partial charge in [0.2, 0.25) is 0 Å². The minimum absolute atomic E-state index is 0.0501. The molecule has 2 aromatic rings. The smallest absolute Gasteiger partial charge is 0.258 e. The molecule has 2 rings (SSSR count). The molecule has 0 aliphatic carbocycles. The molecule has 0 fully saturated rings. The van der Waals surface area contributed by atoms with E-state index in [0.717, 1.165) is 36.3 Å². The maximum absolute atomic E-state index is 12.1. The van der Waals surface area contributed by atoms with Gasteiger partial charge in [-0.15, -0.1) is 0 Å². The molecule has 1 amide bonds. The van der Waals surface area contributed by atoms with Crippen LogP contribution in [0.2, 0.25) is 0 Å². The third-order valence-electron chi connectivity index (χ3n) is 6.28. The largest absolute Gasteiger partial charge is 0.493 e. The number of carbonyl (C=O) groups excluding carboxylic acids is 1. The van der Waals surface area contributed by atoms with Crippen LogP contribution in [0, 0.1) is 0 Å². The van der Waals surface area contributed by atoms with Gasteiger partial charge in [0.25, 0.3) is 5.91 Å². The van der Waals surface area contributed by atoms with Crippen molar-refractivity contribution in [1.82, 2.24) is 5.32 Å². The van der Waals surface area contributed by atoms with Gasteiger partial charge in [0, 0.05) is 13.2 Å². The molecule has 0 saturated heterocycles. The van der Waals surface area contributed by atoms with Crippen LogP contribution in [-0.4, -0.2) is 113 Å². The van der Waals surface area contributed by atoms with Crippen LogP contribution >= 0.6 is 0 Å². The SMILES string of the molecule is CCOCCOCCOCCOCCOCCOCCNC(=O)COc1cccc(CCCc2ccc(OC)c(OC)c2)c1. The lowest BCUT2D eigenvalue weighted by atomic mass is 10.0. The maximum Gasteiger partial charge on any atom is 0.258 e. The Labute approximate surface area is 262 Å². The Morgan fingerprint density at radius 2 is 1.18 bits per heavy atom.